The zero-order chi connectivity index (χ0) is 43.1. The Kier molecular flexibility index (Phi) is 44.2. The summed E-state index contributed by atoms with van der Waals surface area (Å²) in [4.78, 5) is 26.1. The number of aliphatic hydroxyl groups is 2. The van der Waals surface area contributed by atoms with Gasteiger partial charge >= 0.3 is 5.97 Å². The molecule has 0 aromatic rings. The van der Waals surface area contributed by atoms with Crippen molar-refractivity contribution in [3.8, 4) is 0 Å². The lowest BCUT2D eigenvalue weighted by atomic mass is 10.0. The van der Waals surface area contributed by atoms with Crippen molar-refractivity contribution >= 4 is 11.9 Å². The molecule has 6 heteroatoms. The number of ether oxygens (including phenoxy) is 1. The van der Waals surface area contributed by atoms with Crippen LogP contribution in [-0.4, -0.2) is 46.9 Å². The van der Waals surface area contributed by atoms with E-state index in [9.17, 15) is 19.8 Å². The summed E-state index contributed by atoms with van der Waals surface area (Å²) in [6, 6.07) is -0.716. The Hall–Kier alpha value is -2.70. The zero-order valence-electron chi connectivity index (χ0n) is 38.6. The molecule has 0 fully saturated rings. The van der Waals surface area contributed by atoms with Crippen LogP contribution in [0.4, 0.5) is 0 Å². The molecule has 3 unspecified atom stereocenters. The fourth-order valence-electron chi connectivity index (χ4n) is 7.11. The number of rotatable bonds is 43. The van der Waals surface area contributed by atoms with Gasteiger partial charge in [-0.25, -0.2) is 0 Å². The van der Waals surface area contributed by atoms with Gasteiger partial charge in [0.15, 0.2) is 0 Å². The van der Waals surface area contributed by atoms with E-state index < -0.39 is 18.2 Å². The average Bonchev–Trinajstić information content (AvgIpc) is 3.23. The SMILES string of the molecule is CCC/C=C/C=C/C=C/C=C/C=C/CCCCCCCC(=O)OC(CCC/C=C\CCCCCCCCC)CC(=O)NC(CO)C(O)CCCCCCCCCCCC. The van der Waals surface area contributed by atoms with Gasteiger partial charge in [-0.05, 0) is 64.2 Å². The molecule has 340 valence electrons. The third kappa shape index (κ3) is 41.8. The van der Waals surface area contributed by atoms with E-state index in [2.05, 4.69) is 74.7 Å². The number of unbranched alkanes of at least 4 members (excludes halogenated alkanes) is 23. The van der Waals surface area contributed by atoms with Crippen molar-refractivity contribution in [1.29, 1.82) is 0 Å². The number of nitrogens with one attached hydrogen (secondary N) is 1. The predicted molar refractivity (Wildman–Crippen MR) is 255 cm³/mol. The number of allylic oxidation sites excluding steroid dienone is 12. The van der Waals surface area contributed by atoms with Gasteiger partial charge in [-0.3, -0.25) is 9.59 Å². The Labute approximate surface area is 364 Å². The largest absolute Gasteiger partial charge is 0.462 e. The maximum Gasteiger partial charge on any atom is 0.306 e. The molecule has 1 amide bonds. The molecule has 0 saturated carbocycles. The average molecular weight is 824 g/mol. The Balaban J connectivity index is 4.66. The van der Waals surface area contributed by atoms with Gasteiger partial charge in [0.05, 0.1) is 25.2 Å². The summed E-state index contributed by atoms with van der Waals surface area (Å²) in [7, 11) is 0. The molecule has 0 aromatic carbocycles. The summed E-state index contributed by atoms with van der Waals surface area (Å²) < 4.78 is 5.89. The summed E-state index contributed by atoms with van der Waals surface area (Å²) in [5, 5.41) is 23.6. The van der Waals surface area contributed by atoms with Crippen molar-refractivity contribution in [3.63, 3.8) is 0 Å². The quantitative estimate of drug-likeness (QED) is 0.0246. The van der Waals surface area contributed by atoms with Crippen LogP contribution in [0.2, 0.25) is 0 Å². The monoisotopic (exact) mass is 824 g/mol. The maximum absolute atomic E-state index is 13.1. The highest BCUT2D eigenvalue weighted by Crippen LogP contribution is 2.16. The molecule has 3 atom stereocenters. The molecular weight excluding hydrogens is 731 g/mol. The van der Waals surface area contributed by atoms with E-state index >= 15 is 0 Å². The van der Waals surface area contributed by atoms with Crippen LogP contribution in [0.15, 0.2) is 72.9 Å². The Bertz CT molecular complexity index is 1110. The highest BCUT2D eigenvalue weighted by Gasteiger charge is 2.24. The third-order valence-corrected chi connectivity index (χ3v) is 10.9. The van der Waals surface area contributed by atoms with Crippen LogP contribution in [0.5, 0.6) is 0 Å². The van der Waals surface area contributed by atoms with E-state index in [4.69, 9.17) is 4.74 Å². The lowest BCUT2D eigenvalue weighted by molar-refractivity contribution is -0.151. The lowest BCUT2D eigenvalue weighted by Gasteiger charge is -2.24. The van der Waals surface area contributed by atoms with Crippen LogP contribution in [0.3, 0.4) is 0 Å². The summed E-state index contributed by atoms with van der Waals surface area (Å²) in [6.07, 6.45) is 58.1. The van der Waals surface area contributed by atoms with Gasteiger partial charge in [0.1, 0.15) is 6.10 Å². The van der Waals surface area contributed by atoms with Gasteiger partial charge < -0.3 is 20.3 Å². The zero-order valence-corrected chi connectivity index (χ0v) is 38.6. The van der Waals surface area contributed by atoms with E-state index in [0.29, 0.717) is 19.3 Å². The van der Waals surface area contributed by atoms with Gasteiger partial charge in [-0.15, -0.1) is 0 Å². The van der Waals surface area contributed by atoms with Crippen molar-refractivity contribution in [3.05, 3.63) is 72.9 Å². The number of hydrogen-bond donors (Lipinski definition) is 3. The van der Waals surface area contributed by atoms with E-state index in [-0.39, 0.29) is 24.9 Å². The van der Waals surface area contributed by atoms with Crippen LogP contribution in [0, 0.1) is 0 Å². The molecule has 0 bridgehead atoms. The molecule has 0 heterocycles. The minimum Gasteiger partial charge on any atom is -0.462 e. The predicted octanol–water partition coefficient (Wildman–Crippen LogP) is 14.6. The van der Waals surface area contributed by atoms with Crippen molar-refractivity contribution < 1.29 is 24.5 Å². The summed E-state index contributed by atoms with van der Waals surface area (Å²) >= 11 is 0. The highest BCUT2D eigenvalue weighted by molar-refractivity contribution is 5.77. The van der Waals surface area contributed by atoms with Crippen molar-refractivity contribution in [2.75, 3.05) is 6.61 Å². The van der Waals surface area contributed by atoms with Crippen LogP contribution < -0.4 is 5.32 Å². The molecule has 3 N–H and O–H groups in total. The number of carbonyl (C=O) groups excluding carboxylic acids is 2. The van der Waals surface area contributed by atoms with Crippen molar-refractivity contribution in [1.82, 2.24) is 5.32 Å². The molecule has 0 saturated heterocycles. The second-order valence-corrected chi connectivity index (χ2v) is 16.6. The molecule has 0 radical (unpaired) electrons. The third-order valence-electron chi connectivity index (χ3n) is 10.9. The van der Waals surface area contributed by atoms with Crippen molar-refractivity contribution in [2.24, 2.45) is 0 Å². The van der Waals surface area contributed by atoms with Gasteiger partial charge in [0.2, 0.25) is 5.91 Å². The van der Waals surface area contributed by atoms with Gasteiger partial charge in [-0.2, -0.15) is 0 Å². The molecular formula is C53H93NO5. The highest BCUT2D eigenvalue weighted by atomic mass is 16.5. The van der Waals surface area contributed by atoms with Crippen LogP contribution >= 0.6 is 0 Å². The smallest absolute Gasteiger partial charge is 0.306 e. The standard InChI is InChI=1S/C53H93NO5/c1-4-7-10-13-16-19-22-24-25-26-27-28-29-31-34-37-40-43-46-53(58)59-49(44-41-38-35-32-30-23-20-17-14-11-8-5-2)47-52(57)54-50(48-55)51(56)45-42-39-36-33-21-18-15-12-9-6-3/h10,13,16,19,22,24-28,32,35,49-51,55-56H,4-9,11-12,14-15,17-18,20-21,23,29-31,33-34,36-48H2,1-3H3,(H,54,57)/b13-10+,19-16+,24-22+,26-25+,28-27+,35-32-. The second-order valence-electron chi connectivity index (χ2n) is 16.6. The normalized spacial score (nSPS) is 13.9. The first-order valence-electron chi connectivity index (χ1n) is 24.7. The Morgan fingerprint density at radius 1 is 0.492 bits per heavy atom. The topological polar surface area (TPSA) is 95.9 Å². The lowest BCUT2D eigenvalue weighted by Crippen LogP contribution is -2.46. The van der Waals surface area contributed by atoms with Crippen LogP contribution in [0.25, 0.3) is 0 Å². The van der Waals surface area contributed by atoms with Gasteiger partial charge in [0.25, 0.3) is 0 Å². The van der Waals surface area contributed by atoms with Crippen molar-refractivity contribution in [2.45, 2.75) is 244 Å². The number of esters is 1. The number of carbonyl (C=O) groups is 2. The first-order valence-corrected chi connectivity index (χ1v) is 24.7. The second kappa shape index (κ2) is 46.4. The van der Waals surface area contributed by atoms with E-state index in [0.717, 1.165) is 83.5 Å². The van der Waals surface area contributed by atoms with Crippen LogP contribution in [0.1, 0.15) is 226 Å². The minimum absolute atomic E-state index is 0.0434. The molecule has 0 spiro atoms. The Morgan fingerprint density at radius 2 is 0.932 bits per heavy atom. The van der Waals surface area contributed by atoms with Gasteiger partial charge in [-0.1, -0.05) is 222 Å². The maximum atomic E-state index is 13.1. The molecule has 0 rings (SSSR count). The fraction of sp³-hybridized carbons (Fsp3) is 0.736. The van der Waals surface area contributed by atoms with E-state index in [1.807, 2.05) is 24.3 Å². The molecule has 0 aromatic heterocycles. The molecule has 59 heavy (non-hydrogen) atoms. The summed E-state index contributed by atoms with van der Waals surface area (Å²) in [5.74, 6) is -0.536. The number of aliphatic hydroxyl groups excluding tert-OH is 2. The fourth-order valence-corrected chi connectivity index (χ4v) is 7.11. The Morgan fingerprint density at radius 3 is 1.46 bits per heavy atom. The number of hydrogen-bond acceptors (Lipinski definition) is 5. The first-order chi connectivity index (χ1) is 29.0. The summed E-state index contributed by atoms with van der Waals surface area (Å²) in [5.41, 5.74) is 0. The number of amides is 1. The van der Waals surface area contributed by atoms with Gasteiger partial charge in [0, 0.05) is 6.42 Å². The molecule has 0 aliphatic heterocycles. The molecule has 6 nitrogen and oxygen atoms in total. The molecule has 0 aliphatic rings. The van der Waals surface area contributed by atoms with E-state index in [1.54, 1.807) is 0 Å². The van der Waals surface area contributed by atoms with Crippen LogP contribution in [-0.2, 0) is 14.3 Å². The van der Waals surface area contributed by atoms with E-state index in [1.165, 1.54) is 96.3 Å². The minimum atomic E-state index is -0.800. The first kappa shape index (κ1) is 56.3. The molecule has 0 aliphatic carbocycles. The summed E-state index contributed by atoms with van der Waals surface area (Å²) in [6.45, 7) is 6.35.